The summed E-state index contributed by atoms with van der Waals surface area (Å²) in [5.41, 5.74) is 2.19. The molecule has 1 unspecified atom stereocenters. The molecule has 1 fully saturated rings. The van der Waals surface area contributed by atoms with Gasteiger partial charge in [0.2, 0.25) is 11.8 Å². The van der Waals surface area contributed by atoms with Crippen LogP contribution in [0.5, 0.6) is 5.75 Å². The predicted molar refractivity (Wildman–Crippen MR) is 140 cm³/mol. The molecule has 1 aliphatic rings. The van der Waals surface area contributed by atoms with Gasteiger partial charge < -0.3 is 19.7 Å². The summed E-state index contributed by atoms with van der Waals surface area (Å²) in [7, 11) is 1.53. The van der Waals surface area contributed by atoms with Gasteiger partial charge in [0.25, 0.3) is 0 Å². The van der Waals surface area contributed by atoms with Crippen LogP contribution in [0.1, 0.15) is 41.1 Å². The van der Waals surface area contributed by atoms with Crippen LogP contribution in [0, 0.1) is 18.6 Å². The second-order valence-electron chi connectivity index (χ2n) is 9.42. The summed E-state index contributed by atoms with van der Waals surface area (Å²) in [6.45, 7) is 2.92. The van der Waals surface area contributed by atoms with Crippen LogP contribution in [-0.4, -0.2) is 43.1 Å². The van der Waals surface area contributed by atoms with Gasteiger partial charge in [-0.15, -0.1) is 0 Å². The molecular weight excluding hydrogens is 490 g/mol. The minimum Gasteiger partial charge on any atom is -0.496 e. The van der Waals surface area contributed by atoms with Crippen LogP contribution in [0.2, 0.25) is 0 Å². The zero-order chi connectivity index (χ0) is 27.1. The van der Waals surface area contributed by atoms with E-state index in [2.05, 4.69) is 5.32 Å². The van der Waals surface area contributed by atoms with Crippen molar-refractivity contribution < 1.29 is 27.8 Å². The fourth-order valence-corrected chi connectivity index (χ4v) is 4.63. The molecule has 1 heterocycles. The predicted octanol–water partition coefficient (Wildman–Crippen LogP) is 4.89. The summed E-state index contributed by atoms with van der Waals surface area (Å²) >= 11 is 0. The standard InChI is InChI=1S/C30H32F2N2O4/c1-20-12-14-21(15-13-20)29(30(36)33-18-24-9-6-16-38-24)34(19-23-7-3-4-11-26(23)37-2)27(35)17-22-8-5-10-25(31)28(22)32/h3-5,7-8,10-15,24,29H,6,9,16-19H2,1-2H3,(H,33,36)/t24?,29-/m1/s1. The number of carbonyl (C=O) groups is 2. The largest absolute Gasteiger partial charge is 0.496 e. The van der Waals surface area contributed by atoms with Gasteiger partial charge in [-0.2, -0.15) is 0 Å². The topological polar surface area (TPSA) is 67.9 Å². The summed E-state index contributed by atoms with van der Waals surface area (Å²) in [5.74, 6) is -2.47. The van der Waals surface area contributed by atoms with E-state index in [4.69, 9.17) is 9.47 Å². The number of nitrogens with zero attached hydrogens (tertiary/aromatic N) is 1. The smallest absolute Gasteiger partial charge is 0.247 e. The number of ether oxygens (including phenoxy) is 2. The number of rotatable bonds is 10. The van der Waals surface area contributed by atoms with E-state index >= 15 is 0 Å². The number of methoxy groups -OCH3 is 1. The van der Waals surface area contributed by atoms with Crippen LogP contribution in [0.15, 0.2) is 66.7 Å². The minimum absolute atomic E-state index is 0.0195. The van der Waals surface area contributed by atoms with Gasteiger partial charge in [0.1, 0.15) is 11.8 Å². The van der Waals surface area contributed by atoms with Crippen molar-refractivity contribution in [1.82, 2.24) is 10.2 Å². The third-order valence-corrected chi connectivity index (χ3v) is 6.71. The molecule has 0 aromatic heterocycles. The van der Waals surface area contributed by atoms with Crippen molar-refractivity contribution in [1.29, 1.82) is 0 Å². The van der Waals surface area contributed by atoms with E-state index in [1.165, 1.54) is 24.1 Å². The number of nitrogens with one attached hydrogen (secondary N) is 1. The minimum atomic E-state index is -1.08. The Kier molecular flexibility index (Phi) is 9.07. The zero-order valence-electron chi connectivity index (χ0n) is 21.6. The Balaban J connectivity index is 1.72. The van der Waals surface area contributed by atoms with Crippen molar-refractivity contribution in [3.63, 3.8) is 0 Å². The molecule has 3 aromatic carbocycles. The summed E-state index contributed by atoms with van der Waals surface area (Å²) in [6.07, 6.45) is 1.27. The number of hydrogen-bond donors (Lipinski definition) is 1. The average molecular weight is 523 g/mol. The van der Waals surface area contributed by atoms with Gasteiger partial charge in [-0.25, -0.2) is 8.78 Å². The molecule has 1 saturated heterocycles. The molecule has 2 atom stereocenters. The summed E-state index contributed by atoms with van der Waals surface area (Å²) in [6, 6.07) is 17.2. The molecule has 200 valence electrons. The molecular formula is C30H32F2N2O4. The van der Waals surface area contributed by atoms with Crippen molar-refractivity contribution in [3.05, 3.63) is 101 Å². The van der Waals surface area contributed by atoms with Crippen LogP contribution in [0.25, 0.3) is 0 Å². The van der Waals surface area contributed by atoms with Gasteiger partial charge in [0.15, 0.2) is 11.6 Å². The molecule has 3 aromatic rings. The Hall–Kier alpha value is -3.78. The molecule has 1 N–H and O–H groups in total. The van der Waals surface area contributed by atoms with Crippen LogP contribution >= 0.6 is 0 Å². The normalized spacial score (nSPS) is 15.6. The number of benzene rings is 3. The Morgan fingerprint density at radius 1 is 1.05 bits per heavy atom. The highest BCUT2D eigenvalue weighted by Gasteiger charge is 2.33. The molecule has 0 bridgehead atoms. The number of halogens is 2. The lowest BCUT2D eigenvalue weighted by molar-refractivity contribution is -0.141. The Morgan fingerprint density at radius 2 is 1.79 bits per heavy atom. The van der Waals surface area contributed by atoms with Gasteiger partial charge in [0.05, 0.1) is 26.2 Å². The first kappa shape index (κ1) is 27.3. The van der Waals surface area contributed by atoms with E-state index in [0.29, 0.717) is 30.0 Å². The Morgan fingerprint density at radius 3 is 2.50 bits per heavy atom. The van der Waals surface area contributed by atoms with Crippen molar-refractivity contribution in [3.8, 4) is 5.75 Å². The first-order chi connectivity index (χ1) is 18.4. The fraction of sp³-hybridized carbons (Fsp3) is 0.333. The lowest BCUT2D eigenvalue weighted by atomic mass is 10.00. The van der Waals surface area contributed by atoms with E-state index in [1.807, 2.05) is 31.2 Å². The van der Waals surface area contributed by atoms with Crippen molar-refractivity contribution >= 4 is 11.8 Å². The first-order valence-corrected chi connectivity index (χ1v) is 12.7. The molecule has 38 heavy (non-hydrogen) atoms. The maximum Gasteiger partial charge on any atom is 0.247 e. The zero-order valence-corrected chi connectivity index (χ0v) is 21.6. The van der Waals surface area contributed by atoms with Gasteiger partial charge in [0, 0.05) is 24.3 Å². The SMILES string of the molecule is COc1ccccc1CN(C(=O)Cc1cccc(F)c1F)[C@@H](C(=O)NCC1CCCO1)c1ccc(C)cc1. The Labute approximate surface area is 221 Å². The van der Waals surface area contributed by atoms with E-state index in [-0.39, 0.29) is 24.1 Å². The van der Waals surface area contributed by atoms with Crippen LogP contribution in [-0.2, 0) is 27.3 Å². The maximum absolute atomic E-state index is 14.5. The maximum atomic E-state index is 14.5. The molecule has 0 spiro atoms. The lowest BCUT2D eigenvalue weighted by Gasteiger charge is -2.32. The molecule has 1 aliphatic heterocycles. The third-order valence-electron chi connectivity index (χ3n) is 6.71. The molecule has 8 heteroatoms. The van der Waals surface area contributed by atoms with Crippen molar-refractivity contribution in [2.75, 3.05) is 20.3 Å². The second kappa shape index (κ2) is 12.6. The van der Waals surface area contributed by atoms with E-state index in [9.17, 15) is 18.4 Å². The summed E-state index contributed by atoms with van der Waals surface area (Å²) < 4.78 is 39.6. The quantitative estimate of drug-likeness (QED) is 0.412. The van der Waals surface area contributed by atoms with Gasteiger partial charge >= 0.3 is 0 Å². The highest BCUT2D eigenvalue weighted by Crippen LogP contribution is 2.29. The third kappa shape index (κ3) is 6.55. The van der Waals surface area contributed by atoms with Gasteiger partial charge in [-0.3, -0.25) is 9.59 Å². The van der Waals surface area contributed by atoms with E-state index < -0.39 is 30.0 Å². The summed E-state index contributed by atoms with van der Waals surface area (Å²) in [5, 5.41) is 2.95. The molecule has 0 aliphatic carbocycles. The molecule has 2 amide bonds. The number of para-hydroxylation sites is 1. The van der Waals surface area contributed by atoms with Crippen LogP contribution in [0.3, 0.4) is 0 Å². The van der Waals surface area contributed by atoms with Gasteiger partial charge in [-0.05, 0) is 37.5 Å². The van der Waals surface area contributed by atoms with Crippen LogP contribution in [0.4, 0.5) is 8.78 Å². The summed E-state index contributed by atoms with van der Waals surface area (Å²) in [4.78, 5) is 28.9. The van der Waals surface area contributed by atoms with Crippen molar-refractivity contribution in [2.45, 2.75) is 44.9 Å². The molecule has 4 rings (SSSR count). The molecule has 0 radical (unpaired) electrons. The number of aryl methyl sites for hydroxylation is 1. The lowest BCUT2D eigenvalue weighted by Crippen LogP contribution is -2.45. The second-order valence-corrected chi connectivity index (χ2v) is 9.42. The number of hydrogen-bond acceptors (Lipinski definition) is 4. The average Bonchev–Trinajstić information content (AvgIpc) is 3.45. The van der Waals surface area contributed by atoms with Crippen LogP contribution < -0.4 is 10.1 Å². The Bertz CT molecular complexity index is 1260. The monoisotopic (exact) mass is 522 g/mol. The highest BCUT2D eigenvalue weighted by molar-refractivity contribution is 5.89. The highest BCUT2D eigenvalue weighted by atomic mass is 19.2. The van der Waals surface area contributed by atoms with E-state index in [1.54, 1.807) is 24.3 Å². The van der Waals surface area contributed by atoms with Crippen molar-refractivity contribution in [2.24, 2.45) is 0 Å². The fourth-order valence-electron chi connectivity index (χ4n) is 4.63. The van der Waals surface area contributed by atoms with Gasteiger partial charge in [-0.1, -0.05) is 60.2 Å². The number of amides is 2. The van der Waals surface area contributed by atoms with E-state index in [0.717, 1.165) is 24.5 Å². The number of carbonyl (C=O) groups excluding carboxylic acids is 2. The molecule has 6 nitrogen and oxygen atoms in total. The molecule has 0 saturated carbocycles. The first-order valence-electron chi connectivity index (χ1n) is 12.7.